The van der Waals surface area contributed by atoms with E-state index in [4.69, 9.17) is 15.2 Å². The van der Waals surface area contributed by atoms with Crippen LogP contribution in [0.3, 0.4) is 0 Å². The predicted molar refractivity (Wildman–Crippen MR) is 94.0 cm³/mol. The third kappa shape index (κ3) is 2.36. The second-order valence-corrected chi connectivity index (χ2v) is 5.78. The number of fused-ring (bicyclic) bond motifs is 3. The van der Waals surface area contributed by atoms with E-state index >= 15 is 0 Å². The van der Waals surface area contributed by atoms with Crippen LogP contribution in [-0.4, -0.2) is 12.1 Å². The van der Waals surface area contributed by atoms with Crippen LogP contribution in [0.2, 0.25) is 0 Å². The zero-order valence-corrected chi connectivity index (χ0v) is 13.6. The van der Waals surface area contributed by atoms with Crippen molar-refractivity contribution in [1.29, 1.82) is 5.26 Å². The first-order valence-corrected chi connectivity index (χ1v) is 7.81. The first-order valence-electron chi connectivity index (χ1n) is 7.81. The topological polar surface area (TPSA) is 81.2 Å². The summed E-state index contributed by atoms with van der Waals surface area (Å²) in [7, 11) is 1.62. The van der Waals surface area contributed by atoms with Gasteiger partial charge in [-0.15, -0.1) is 0 Å². The molecule has 1 aliphatic rings. The highest BCUT2D eigenvalue weighted by molar-refractivity contribution is 5.90. The highest BCUT2D eigenvalue weighted by atomic mass is 16.5. The number of hydrogen-bond acceptors (Lipinski definition) is 5. The Morgan fingerprint density at radius 1 is 1.24 bits per heavy atom. The molecule has 0 saturated carbocycles. The van der Waals surface area contributed by atoms with Gasteiger partial charge in [-0.2, -0.15) is 5.26 Å². The molecule has 2 N–H and O–H groups in total. The lowest BCUT2D eigenvalue weighted by molar-refractivity contribution is 0.397. The molecule has 1 aromatic heterocycles. The fourth-order valence-corrected chi connectivity index (χ4v) is 3.25. The maximum Gasteiger partial charge on any atom is 0.205 e. The van der Waals surface area contributed by atoms with E-state index in [1.165, 1.54) is 0 Å². The van der Waals surface area contributed by atoms with Gasteiger partial charge in [-0.25, -0.2) is 0 Å². The first-order chi connectivity index (χ1) is 12.2. The van der Waals surface area contributed by atoms with Gasteiger partial charge in [0.25, 0.3) is 0 Å². The standard InChI is InChI=1S/C20H15N3O2/c1-24-14-4-2-3-12(9-14)18-16-6-5-13-11-23-8-7-15(13)19(16)25-20(22)17(18)10-21/h2-9,11,18H,22H2,1H3. The van der Waals surface area contributed by atoms with Crippen molar-refractivity contribution in [3.63, 3.8) is 0 Å². The minimum Gasteiger partial charge on any atom is -0.497 e. The fraction of sp³-hybridized carbons (Fsp3) is 0.100. The number of allylic oxidation sites excluding steroid dienone is 1. The van der Waals surface area contributed by atoms with Gasteiger partial charge in [0.05, 0.1) is 13.0 Å². The van der Waals surface area contributed by atoms with Crippen molar-refractivity contribution in [2.45, 2.75) is 5.92 Å². The summed E-state index contributed by atoms with van der Waals surface area (Å²) in [6, 6.07) is 15.7. The van der Waals surface area contributed by atoms with Crippen molar-refractivity contribution < 1.29 is 9.47 Å². The van der Waals surface area contributed by atoms with Crippen molar-refractivity contribution >= 4 is 10.8 Å². The summed E-state index contributed by atoms with van der Waals surface area (Å²) in [5.74, 6) is 1.23. The molecule has 1 unspecified atom stereocenters. The molecule has 122 valence electrons. The van der Waals surface area contributed by atoms with Crippen LogP contribution in [0.25, 0.3) is 10.8 Å². The minimum atomic E-state index is -0.304. The van der Waals surface area contributed by atoms with Gasteiger partial charge in [0, 0.05) is 28.7 Å². The zero-order chi connectivity index (χ0) is 17.4. The van der Waals surface area contributed by atoms with Crippen molar-refractivity contribution in [3.05, 3.63) is 77.4 Å². The van der Waals surface area contributed by atoms with E-state index in [9.17, 15) is 5.26 Å². The van der Waals surface area contributed by atoms with Gasteiger partial charge in [0.2, 0.25) is 5.88 Å². The smallest absolute Gasteiger partial charge is 0.205 e. The lowest BCUT2D eigenvalue weighted by Crippen LogP contribution is -2.21. The number of rotatable bonds is 2. The number of hydrogen-bond donors (Lipinski definition) is 1. The maximum atomic E-state index is 9.65. The molecule has 5 heteroatoms. The molecule has 0 amide bonds. The molecule has 25 heavy (non-hydrogen) atoms. The second-order valence-electron chi connectivity index (χ2n) is 5.78. The van der Waals surface area contributed by atoms with Gasteiger partial charge in [-0.3, -0.25) is 4.98 Å². The summed E-state index contributed by atoms with van der Waals surface area (Å²) >= 11 is 0. The van der Waals surface area contributed by atoms with E-state index in [-0.39, 0.29) is 11.8 Å². The molecule has 1 atom stereocenters. The number of nitrogens with two attached hydrogens (primary N) is 1. The largest absolute Gasteiger partial charge is 0.497 e. The average molecular weight is 329 g/mol. The minimum absolute atomic E-state index is 0.132. The van der Waals surface area contributed by atoms with E-state index in [1.807, 2.05) is 42.5 Å². The van der Waals surface area contributed by atoms with Crippen LogP contribution in [0.15, 0.2) is 66.3 Å². The second kappa shape index (κ2) is 5.84. The molecule has 0 aliphatic carbocycles. The zero-order valence-electron chi connectivity index (χ0n) is 13.6. The fourth-order valence-electron chi connectivity index (χ4n) is 3.25. The van der Waals surface area contributed by atoms with E-state index in [0.29, 0.717) is 11.3 Å². The summed E-state index contributed by atoms with van der Waals surface area (Å²) in [4.78, 5) is 4.14. The number of aromatic nitrogens is 1. The Hall–Kier alpha value is -3.52. The molecule has 0 saturated heterocycles. The number of ether oxygens (including phenoxy) is 2. The molecular weight excluding hydrogens is 314 g/mol. The van der Waals surface area contributed by atoms with Crippen LogP contribution in [0.4, 0.5) is 0 Å². The quantitative estimate of drug-likeness (QED) is 0.778. The lowest BCUT2D eigenvalue weighted by atomic mass is 9.82. The Morgan fingerprint density at radius 2 is 2.12 bits per heavy atom. The molecule has 5 nitrogen and oxygen atoms in total. The third-order valence-corrected chi connectivity index (χ3v) is 4.43. The Morgan fingerprint density at radius 3 is 2.92 bits per heavy atom. The Bertz CT molecular complexity index is 1050. The summed E-state index contributed by atoms with van der Waals surface area (Å²) in [5, 5.41) is 11.5. The molecule has 3 aromatic rings. The SMILES string of the molecule is COc1cccc(C2C(C#N)=C(N)Oc3c2ccc2cnccc32)c1. The summed E-state index contributed by atoms with van der Waals surface area (Å²) in [6.45, 7) is 0. The highest BCUT2D eigenvalue weighted by Gasteiger charge is 2.31. The highest BCUT2D eigenvalue weighted by Crippen LogP contribution is 2.45. The third-order valence-electron chi connectivity index (χ3n) is 4.43. The van der Waals surface area contributed by atoms with E-state index in [0.717, 1.165) is 27.6 Å². The van der Waals surface area contributed by atoms with E-state index in [2.05, 4.69) is 11.1 Å². The molecule has 0 radical (unpaired) electrons. The van der Waals surface area contributed by atoms with Crippen molar-refractivity contribution in [2.75, 3.05) is 7.11 Å². The Kier molecular flexibility index (Phi) is 3.51. The summed E-state index contributed by atoms with van der Waals surface area (Å²) in [5.41, 5.74) is 8.31. The lowest BCUT2D eigenvalue weighted by Gasteiger charge is -2.27. The molecule has 0 bridgehead atoms. The van der Waals surface area contributed by atoms with Gasteiger partial charge < -0.3 is 15.2 Å². The molecule has 4 rings (SSSR count). The van der Waals surface area contributed by atoms with Crippen LogP contribution in [-0.2, 0) is 0 Å². The van der Waals surface area contributed by atoms with Crippen LogP contribution in [0.5, 0.6) is 11.5 Å². The predicted octanol–water partition coefficient (Wildman–Crippen LogP) is 3.46. The first kappa shape index (κ1) is 15.0. The molecule has 1 aliphatic heterocycles. The summed E-state index contributed by atoms with van der Waals surface area (Å²) in [6.07, 6.45) is 3.49. The number of benzene rings is 2. The van der Waals surface area contributed by atoms with Crippen LogP contribution < -0.4 is 15.2 Å². The van der Waals surface area contributed by atoms with Gasteiger partial charge in [0.1, 0.15) is 23.1 Å². The number of nitriles is 1. The molecule has 2 aromatic carbocycles. The van der Waals surface area contributed by atoms with Gasteiger partial charge in [0.15, 0.2) is 0 Å². The normalized spacial score (nSPS) is 16.1. The molecule has 0 fully saturated rings. The van der Waals surface area contributed by atoms with Crippen molar-refractivity contribution in [2.24, 2.45) is 5.73 Å². The molecule has 0 spiro atoms. The van der Waals surface area contributed by atoms with Crippen molar-refractivity contribution in [1.82, 2.24) is 4.98 Å². The number of pyridine rings is 1. The van der Waals surface area contributed by atoms with E-state index < -0.39 is 0 Å². The summed E-state index contributed by atoms with van der Waals surface area (Å²) < 4.78 is 11.2. The van der Waals surface area contributed by atoms with Crippen LogP contribution >= 0.6 is 0 Å². The Balaban J connectivity index is 2.00. The molecular formula is C20H15N3O2. The monoisotopic (exact) mass is 329 g/mol. The number of methoxy groups -OCH3 is 1. The van der Waals surface area contributed by atoms with Gasteiger partial charge in [-0.1, -0.05) is 24.3 Å². The van der Waals surface area contributed by atoms with Crippen LogP contribution in [0.1, 0.15) is 17.0 Å². The van der Waals surface area contributed by atoms with Gasteiger partial charge in [-0.05, 0) is 23.8 Å². The molecule has 2 heterocycles. The Labute approximate surface area is 144 Å². The van der Waals surface area contributed by atoms with Gasteiger partial charge >= 0.3 is 0 Å². The van der Waals surface area contributed by atoms with Crippen LogP contribution in [0, 0.1) is 11.3 Å². The maximum absolute atomic E-state index is 9.65. The van der Waals surface area contributed by atoms with E-state index in [1.54, 1.807) is 19.5 Å². The average Bonchev–Trinajstić information content (AvgIpc) is 2.67. The van der Waals surface area contributed by atoms with Crippen molar-refractivity contribution in [3.8, 4) is 17.6 Å². The number of nitrogens with zero attached hydrogens (tertiary/aromatic N) is 2.